The molecule has 0 aromatic heterocycles. The van der Waals surface area contributed by atoms with Gasteiger partial charge in [0.1, 0.15) is 0 Å². The SMILES string of the molecule is CCCCCCC(C)COC(O)CCCC(C)CC. The van der Waals surface area contributed by atoms with Crippen LogP contribution in [0.25, 0.3) is 0 Å². The predicted octanol–water partition coefficient (Wildman–Crippen LogP) is 5.14. The lowest BCUT2D eigenvalue weighted by molar-refractivity contribution is -0.113. The molecule has 19 heavy (non-hydrogen) atoms. The largest absolute Gasteiger partial charge is 0.368 e. The van der Waals surface area contributed by atoms with Gasteiger partial charge in [0, 0.05) is 0 Å². The van der Waals surface area contributed by atoms with E-state index >= 15 is 0 Å². The minimum atomic E-state index is -0.554. The smallest absolute Gasteiger partial charge is 0.154 e. The highest BCUT2D eigenvalue weighted by Crippen LogP contribution is 2.15. The van der Waals surface area contributed by atoms with E-state index in [1.165, 1.54) is 44.9 Å². The van der Waals surface area contributed by atoms with Gasteiger partial charge in [-0.05, 0) is 31.1 Å². The van der Waals surface area contributed by atoms with Crippen molar-refractivity contribution >= 4 is 0 Å². The van der Waals surface area contributed by atoms with E-state index in [1.54, 1.807) is 0 Å². The molecule has 0 aliphatic heterocycles. The molecule has 0 radical (unpaired) electrons. The number of aliphatic hydroxyl groups is 1. The second kappa shape index (κ2) is 12.9. The number of aliphatic hydroxyl groups excluding tert-OH is 1. The second-order valence-electron chi connectivity index (χ2n) is 6.19. The molecular weight excluding hydrogens is 236 g/mol. The summed E-state index contributed by atoms with van der Waals surface area (Å²) in [5, 5.41) is 9.77. The van der Waals surface area contributed by atoms with Gasteiger partial charge in [-0.2, -0.15) is 0 Å². The van der Waals surface area contributed by atoms with E-state index in [0.29, 0.717) is 12.5 Å². The van der Waals surface area contributed by atoms with Gasteiger partial charge in [0.2, 0.25) is 0 Å². The van der Waals surface area contributed by atoms with E-state index in [0.717, 1.165) is 18.8 Å². The molecule has 0 aromatic rings. The van der Waals surface area contributed by atoms with Crippen molar-refractivity contribution in [3.63, 3.8) is 0 Å². The van der Waals surface area contributed by atoms with Crippen LogP contribution in [0, 0.1) is 11.8 Å². The molecule has 2 heteroatoms. The third-order valence-corrected chi connectivity index (χ3v) is 3.97. The Morgan fingerprint density at radius 2 is 1.53 bits per heavy atom. The summed E-state index contributed by atoms with van der Waals surface area (Å²) < 4.78 is 5.53. The summed E-state index contributed by atoms with van der Waals surface area (Å²) >= 11 is 0. The summed E-state index contributed by atoms with van der Waals surface area (Å²) in [7, 11) is 0. The second-order valence-corrected chi connectivity index (χ2v) is 6.19. The highest BCUT2D eigenvalue weighted by Gasteiger charge is 2.09. The van der Waals surface area contributed by atoms with Crippen LogP contribution in [0.3, 0.4) is 0 Å². The van der Waals surface area contributed by atoms with Crippen LogP contribution in [0.1, 0.15) is 85.5 Å². The van der Waals surface area contributed by atoms with Gasteiger partial charge in [0.25, 0.3) is 0 Å². The minimum absolute atomic E-state index is 0.554. The van der Waals surface area contributed by atoms with Crippen molar-refractivity contribution in [2.24, 2.45) is 11.8 Å². The first-order valence-electron chi connectivity index (χ1n) is 8.39. The highest BCUT2D eigenvalue weighted by atomic mass is 16.6. The standard InChI is InChI=1S/C17H36O2/c1-5-7-8-9-11-16(4)14-19-17(18)13-10-12-15(3)6-2/h15-18H,5-14H2,1-4H3. The van der Waals surface area contributed by atoms with Gasteiger partial charge >= 0.3 is 0 Å². The highest BCUT2D eigenvalue weighted by molar-refractivity contribution is 4.55. The van der Waals surface area contributed by atoms with Crippen LogP contribution in [0.4, 0.5) is 0 Å². The van der Waals surface area contributed by atoms with Crippen LogP contribution < -0.4 is 0 Å². The van der Waals surface area contributed by atoms with Crippen molar-refractivity contribution in [1.29, 1.82) is 0 Å². The maximum atomic E-state index is 9.77. The Balaban J connectivity index is 3.42. The summed E-state index contributed by atoms with van der Waals surface area (Å²) in [6, 6.07) is 0. The molecule has 0 heterocycles. The van der Waals surface area contributed by atoms with E-state index in [1.807, 2.05) is 0 Å². The molecule has 3 atom stereocenters. The van der Waals surface area contributed by atoms with Gasteiger partial charge in [-0.25, -0.2) is 0 Å². The molecule has 0 amide bonds. The Bertz CT molecular complexity index is 182. The average molecular weight is 272 g/mol. The fraction of sp³-hybridized carbons (Fsp3) is 1.00. The monoisotopic (exact) mass is 272 g/mol. The lowest BCUT2D eigenvalue weighted by atomic mass is 10.0. The van der Waals surface area contributed by atoms with Crippen LogP contribution in [-0.4, -0.2) is 18.0 Å². The van der Waals surface area contributed by atoms with Gasteiger partial charge in [0.05, 0.1) is 6.61 Å². The quantitative estimate of drug-likeness (QED) is 0.371. The molecule has 0 bridgehead atoms. The number of hydrogen-bond donors (Lipinski definition) is 1. The summed E-state index contributed by atoms with van der Waals surface area (Å²) in [5.74, 6) is 1.34. The Kier molecular flexibility index (Phi) is 12.9. The first kappa shape index (κ1) is 18.9. The normalized spacial score (nSPS) is 16.3. The van der Waals surface area contributed by atoms with Crippen molar-refractivity contribution in [2.45, 2.75) is 91.8 Å². The van der Waals surface area contributed by atoms with Crippen molar-refractivity contribution in [2.75, 3.05) is 6.61 Å². The molecule has 2 nitrogen and oxygen atoms in total. The molecule has 0 aliphatic carbocycles. The Labute approximate surface area is 120 Å². The third kappa shape index (κ3) is 12.7. The molecule has 0 aromatic carbocycles. The first-order chi connectivity index (χ1) is 9.10. The molecule has 0 fully saturated rings. The van der Waals surface area contributed by atoms with Crippen LogP contribution in [0.5, 0.6) is 0 Å². The van der Waals surface area contributed by atoms with Crippen molar-refractivity contribution < 1.29 is 9.84 Å². The van der Waals surface area contributed by atoms with Crippen molar-refractivity contribution in [1.82, 2.24) is 0 Å². The Morgan fingerprint density at radius 1 is 0.842 bits per heavy atom. The van der Waals surface area contributed by atoms with Gasteiger partial charge in [0.15, 0.2) is 6.29 Å². The molecule has 116 valence electrons. The lowest BCUT2D eigenvalue weighted by Gasteiger charge is -2.17. The number of rotatable bonds is 13. The fourth-order valence-electron chi connectivity index (χ4n) is 2.21. The van der Waals surface area contributed by atoms with E-state index in [2.05, 4.69) is 27.7 Å². The summed E-state index contributed by atoms with van der Waals surface area (Å²) in [6.07, 6.45) is 10.2. The molecular formula is C17H36O2. The molecule has 0 saturated heterocycles. The Hall–Kier alpha value is -0.0800. The zero-order chi connectivity index (χ0) is 14.5. The van der Waals surface area contributed by atoms with E-state index in [-0.39, 0.29) is 0 Å². The minimum Gasteiger partial charge on any atom is -0.368 e. The average Bonchev–Trinajstić information content (AvgIpc) is 2.41. The molecule has 0 saturated carbocycles. The fourth-order valence-corrected chi connectivity index (χ4v) is 2.21. The molecule has 3 unspecified atom stereocenters. The summed E-state index contributed by atoms with van der Waals surface area (Å²) in [4.78, 5) is 0. The van der Waals surface area contributed by atoms with E-state index in [9.17, 15) is 5.11 Å². The van der Waals surface area contributed by atoms with E-state index < -0.39 is 6.29 Å². The maximum absolute atomic E-state index is 9.77. The maximum Gasteiger partial charge on any atom is 0.154 e. The Morgan fingerprint density at radius 3 is 2.16 bits per heavy atom. The summed E-state index contributed by atoms with van der Waals surface area (Å²) in [5.41, 5.74) is 0. The molecule has 0 rings (SSSR count). The first-order valence-corrected chi connectivity index (χ1v) is 8.39. The number of unbranched alkanes of at least 4 members (excludes halogenated alkanes) is 3. The molecule has 0 aliphatic rings. The van der Waals surface area contributed by atoms with Crippen LogP contribution >= 0.6 is 0 Å². The van der Waals surface area contributed by atoms with Crippen molar-refractivity contribution in [3.8, 4) is 0 Å². The van der Waals surface area contributed by atoms with Gasteiger partial charge in [-0.3, -0.25) is 0 Å². The topological polar surface area (TPSA) is 29.5 Å². The lowest BCUT2D eigenvalue weighted by Crippen LogP contribution is -2.17. The summed E-state index contributed by atoms with van der Waals surface area (Å²) in [6.45, 7) is 9.65. The number of ether oxygens (including phenoxy) is 1. The van der Waals surface area contributed by atoms with Crippen LogP contribution in [0.2, 0.25) is 0 Å². The van der Waals surface area contributed by atoms with Crippen molar-refractivity contribution in [3.05, 3.63) is 0 Å². The van der Waals surface area contributed by atoms with Gasteiger partial charge in [-0.15, -0.1) is 0 Å². The van der Waals surface area contributed by atoms with Gasteiger partial charge < -0.3 is 9.84 Å². The zero-order valence-corrected chi connectivity index (χ0v) is 13.7. The third-order valence-electron chi connectivity index (χ3n) is 3.97. The number of hydrogen-bond acceptors (Lipinski definition) is 2. The van der Waals surface area contributed by atoms with E-state index in [4.69, 9.17) is 4.74 Å². The predicted molar refractivity (Wildman–Crippen MR) is 83.2 cm³/mol. The molecule has 1 N–H and O–H groups in total. The van der Waals surface area contributed by atoms with Gasteiger partial charge in [-0.1, -0.05) is 66.2 Å². The molecule has 0 spiro atoms. The van der Waals surface area contributed by atoms with Crippen LogP contribution in [-0.2, 0) is 4.74 Å². The van der Waals surface area contributed by atoms with Crippen LogP contribution in [0.15, 0.2) is 0 Å². The zero-order valence-electron chi connectivity index (χ0n) is 13.7.